The molecule has 0 atom stereocenters. The largest absolute Gasteiger partial charge is 0.511 e. The molecule has 110 valence electrons. The third-order valence-corrected chi connectivity index (χ3v) is 2.92. The number of carbonyl (C=O) groups is 1. The Morgan fingerprint density at radius 2 is 1.95 bits per heavy atom. The van der Waals surface area contributed by atoms with Crippen LogP contribution in [0.2, 0.25) is 0 Å². The Hall–Kier alpha value is -2.48. The Labute approximate surface area is 124 Å². The van der Waals surface area contributed by atoms with Crippen molar-refractivity contribution >= 4 is 18.8 Å². The number of benzene rings is 1. The maximum absolute atomic E-state index is 12.2. The van der Waals surface area contributed by atoms with E-state index in [1.165, 1.54) is 0 Å². The second-order valence-corrected chi connectivity index (χ2v) is 4.50. The highest BCUT2D eigenvalue weighted by Crippen LogP contribution is 2.23. The number of aromatic amines is 1. The number of nitrogens with one attached hydrogen (secondary N) is 1. The van der Waals surface area contributed by atoms with E-state index in [4.69, 9.17) is 5.11 Å². The summed E-state index contributed by atoms with van der Waals surface area (Å²) in [7, 11) is 0. The van der Waals surface area contributed by atoms with Crippen molar-refractivity contribution in [3.8, 4) is 17.0 Å². The standard InChI is InChI=1S/C13H12N2O5S/c16-11-10(20-13(18)19)9(8-4-2-1-3-5-8)14-12(17)15(11)6-7-21/h1-5,21H,6-7H2,(H,14,17)(H,18,19). The summed E-state index contributed by atoms with van der Waals surface area (Å²) in [6.45, 7) is 0.0440. The van der Waals surface area contributed by atoms with E-state index in [0.29, 0.717) is 5.56 Å². The normalized spacial score (nSPS) is 10.3. The monoisotopic (exact) mass is 308 g/mol. The summed E-state index contributed by atoms with van der Waals surface area (Å²) < 4.78 is 5.41. The van der Waals surface area contributed by atoms with Crippen LogP contribution in [0.15, 0.2) is 39.9 Å². The molecule has 21 heavy (non-hydrogen) atoms. The Balaban J connectivity index is 2.73. The highest BCUT2D eigenvalue weighted by molar-refractivity contribution is 7.80. The van der Waals surface area contributed by atoms with Gasteiger partial charge in [0.15, 0.2) is 0 Å². The number of ether oxygens (including phenoxy) is 1. The van der Waals surface area contributed by atoms with E-state index < -0.39 is 23.2 Å². The molecule has 1 aromatic carbocycles. The summed E-state index contributed by atoms with van der Waals surface area (Å²) >= 11 is 3.96. The third kappa shape index (κ3) is 3.16. The van der Waals surface area contributed by atoms with Crippen molar-refractivity contribution in [2.45, 2.75) is 6.54 Å². The molecule has 0 aliphatic heterocycles. The van der Waals surface area contributed by atoms with Gasteiger partial charge in [-0.1, -0.05) is 30.3 Å². The summed E-state index contributed by atoms with van der Waals surface area (Å²) in [5.41, 5.74) is -0.955. The van der Waals surface area contributed by atoms with Crippen molar-refractivity contribution < 1.29 is 14.6 Å². The minimum Gasteiger partial charge on any atom is -0.449 e. The van der Waals surface area contributed by atoms with Crippen molar-refractivity contribution in [2.75, 3.05) is 5.75 Å². The molecule has 0 radical (unpaired) electrons. The van der Waals surface area contributed by atoms with Crippen LogP contribution >= 0.6 is 12.6 Å². The van der Waals surface area contributed by atoms with Crippen LogP contribution in [0.4, 0.5) is 4.79 Å². The minimum absolute atomic E-state index is 0.0309. The molecule has 8 heteroatoms. The fourth-order valence-corrected chi connectivity index (χ4v) is 2.05. The second kappa shape index (κ2) is 6.31. The van der Waals surface area contributed by atoms with Crippen molar-refractivity contribution in [2.24, 2.45) is 0 Å². The lowest BCUT2D eigenvalue weighted by Gasteiger charge is -2.10. The van der Waals surface area contributed by atoms with Crippen LogP contribution in [0.5, 0.6) is 5.75 Å². The average Bonchev–Trinajstić information content (AvgIpc) is 2.47. The summed E-state index contributed by atoms with van der Waals surface area (Å²) in [4.78, 5) is 37.4. The lowest BCUT2D eigenvalue weighted by molar-refractivity contribution is 0.143. The first-order valence-electron chi connectivity index (χ1n) is 5.98. The van der Waals surface area contributed by atoms with Gasteiger partial charge in [0.2, 0.25) is 5.75 Å². The fraction of sp³-hybridized carbons (Fsp3) is 0.154. The van der Waals surface area contributed by atoms with Gasteiger partial charge in [-0.05, 0) is 0 Å². The van der Waals surface area contributed by atoms with Gasteiger partial charge in [-0.25, -0.2) is 9.59 Å². The van der Waals surface area contributed by atoms with Crippen molar-refractivity contribution in [3.63, 3.8) is 0 Å². The van der Waals surface area contributed by atoms with Gasteiger partial charge in [-0.2, -0.15) is 12.6 Å². The van der Waals surface area contributed by atoms with Crippen molar-refractivity contribution in [1.82, 2.24) is 9.55 Å². The van der Waals surface area contributed by atoms with E-state index in [2.05, 4.69) is 22.3 Å². The van der Waals surface area contributed by atoms with E-state index in [-0.39, 0.29) is 18.0 Å². The lowest BCUT2D eigenvalue weighted by Crippen LogP contribution is -2.37. The van der Waals surface area contributed by atoms with Crippen LogP contribution in [0.3, 0.4) is 0 Å². The van der Waals surface area contributed by atoms with Crippen molar-refractivity contribution in [3.05, 3.63) is 51.2 Å². The van der Waals surface area contributed by atoms with E-state index in [1.54, 1.807) is 30.3 Å². The van der Waals surface area contributed by atoms with Crippen LogP contribution in [0.25, 0.3) is 11.3 Å². The molecule has 0 saturated carbocycles. The molecule has 0 bridgehead atoms. The highest BCUT2D eigenvalue weighted by atomic mass is 32.1. The number of thiol groups is 1. The van der Waals surface area contributed by atoms with Gasteiger partial charge in [0.25, 0.3) is 5.56 Å². The maximum atomic E-state index is 12.2. The zero-order valence-corrected chi connectivity index (χ0v) is 11.7. The molecule has 0 amide bonds. The molecule has 7 nitrogen and oxygen atoms in total. The lowest BCUT2D eigenvalue weighted by atomic mass is 10.1. The molecule has 2 rings (SSSR count). The predicted octanol–water partition coefficient (Wildman–Crippen LogP) is 1.19. The van der Waals surface area contributed by atoms with E-state index in [9.17, 15) is 14.4 Å². The molecule has 1 aromatic heterocycles. The molecule has 1 heterocycles. The van der Waals surface area contributed by atoms with E-state index >= 15 is 0 Å². The summed E-state index contributed by atoms with van der Waals surface area (Å²) in [5, 5.41) is 8.78. The van der Waals surface area contributed by atoms with E-state index in [1.807, 2.05) is 0 Å². The molecule has 0 aliphatic carbocycles. The molecule has 0 fully saturated rings. The third-order valence-electron chi connectivity index (χ3n) is 2.72. The first-order valence-corrected chi connectivity index (χ1v) is 6.62. The Bertz CT molecular complexity index is 766. The summed E-state index contributed by atoms with van der Waals surface area (Å²) in [6, 6.07) is 8.39. The molecule has 2 aromatic rings. The number of hydrogen-bond donors (Lipinski definition) is 3. The quantitative estimate of drug-likeness (QED) is 0.582. The Morgan fingerprint density at radius 1 is 1.29 bits per heavy atom. The first-order chi connectivity index (χ1) is 10.0. The minimum atomic E-state index is -1.63. The van der Waals surface area contributed by atoms with Gasteiger partial charge in [0, 0.05) is 17.9 Å². The van der Waals surface area contributed by atoms with E-state index in [0.717, 1.165) is 4.57 Å². The molecule has 0 saturated heterocycles. The van der Waals surface area contributed by atoms with Crippen LogP contribution < -0.4 is 16.0 Å². The van der Waals surface area contributed by atoms with Gasteiger partial charge >= 0.3 is 11.8 Å². The maximum Gasteiger partial charge on any atom is 0.511 e. The predicted molar refractivity (Wildman–Crippen MR) is 79.3 cm³/mol. The van der Waals surface area contributed by atoms with Gasteiger partial charge < -0.3 is 14.8 Å². The summed E-state index contributed by atoms with van der Waals surface area (Å²) in [6.07, 6.45) is -1.63. The SMILES string of the molecule is O=C(O)Oc1c(-c2ccccc2)[nH]c(=O)n(CCS)c1=O. The smallest absolute Gasteiger partial charge is 0.449 e. The number of aromatic nitrogens is 2. The van der Waals surface area contributed by atoms with Gasteiger partial charge in [0.1, 0.15) is 0 Å². The van der Waals surface area contributed by atoms with Crippen LogP contribution in [-0.4, -0.2) is 26.6 Å². The fourth-order valence-electron chi connectivity index (χ4n) is 1.85. The van der Waals surface area contributed by atoms with Gasteiger partial charge in [0.05, 0.1) is 5.69 Å². The Kier molecular flexibility index (Phi) is 4.49. The van der Waals surface area contributed by atoms with Gasteiger partial charge in [-0.3, -0.25) is 9.36 Å². The zero-order chi connectivity index (χ0) is 15.4. The average molecular weight is 308 g/mol. The van der Waals surface area contributed by atoms with Gasteiger partial charge in [-0.15, -0.1) is 0 Å². The van der Waals surface area contributed by atoms with Crippen LogP contribution in [-0.2, 0) is 6.54 Å². The molecular weight excluding hydrogens is 296 g/mol. The topological polar surface area (TPSA) is 101 Å². The van der Waals surface area contributed by atoms with Crippen LogP contribution in [0, 0.1) is 0 Å². The molecule has 0 aliphatic rings. The number of carboxylic acid groups (broad SMARTS) is 1. The highest BCUT2D eigenvalue weighted by Gasteiger charge is 2.19. The molecule has 0 spiro atoms. The second-order valence-electron chi connectivity index (χ2n) is 4.05. The molecule has 2 N–H and O–H groups in total. The molecular formula is C13H12N2O5S. The number of nitrogens with zero attached hydrogens (tertiary/aromatic N) is 1. The van der Waals surface area contributed by atoms with Crippen molar-refractivity contribution in [1.29, 1.82) is 0 Å². The zero-order valence-electron chi connectivity index (χ0n) is 10.8. The molecule has 0 unspecified atom stereocenters. The van der Waals surface area contributed by atoms with Crippen LogP contribution in [0.1, 0.15) is 0 Å². The number of H-pyrrole nitrogens is 1. The first kappa shape index (κ1) is 14.9. The Morgan fingerprint density at radius 3 is 2.52 bits per heavy atom. The number of rotatable bonds is 4. The summed E-state index contributed by atoms with van der Waals surface area (Å²) in [5.74, 6) is -0.185. The number of hydrogen-bond acceptors (Lipinski definition) is 5.